The van der Waals surface area contributed by atoms with Crippen molar-refractivity contribution < 1.29 is 18.8 Å². The monoisotopic (exact) mass is 390 g/mol. The molecule has 0 spiro atoms. The molecule has 0 aliphatic heterocycles. The first-order valence-corrected chi connectivity index (χ1v) is 7.62. The minimum atomic E-state index is -0.688. The molecule has 3 aromatic heterocycles. The van der Waals surface area contributed by atoms with Crippen LogP contribution in [-0.4, -0.2) is 61.3 Å². The molecule has 15 nitrogen and oxygen atoms in total. The van der Waals surface area contributed by atoms with Crippen LogP contribution in [0, 0.1) is 10.1 Å². The lowest BCUT2D eigenvalue weighted by Gasteiger charge is -2.10. The molecule has 0 atom stereocenters. The van der Waals surface area contributed by atoms with Gasteiger partial charge in [-0.05, 0) is 30.5 Å². The van der Waals surface area contributed by atoms with E-state index in [1.807, 2.05) is 0 Å². The summed E-state index contributed by atoms with van der Waals surface area (Å²) < 4.78 is 10.7. The van der Waals surface area contributed by atoms with Crippen LogP contribution in [-0.2, 0) is 6.54 Å². The van der Waals surface area contributed by atoms with Crippen LogP contribution in [0.25, 0.3) is 5.82 Å². The fourth-order valence-electron chi connectivity index (χ4n) is 2.14. The minimum Gasteiger partial charge on any atom is -0.400 e. The van der Waals surface area contributed by atoms with E-state index in [2.05, 4.69) is 35.8 Å². The molecule has 3 aromatic rings. The van der Waals surface area contributed by atoms with Crippen LogP contribution in [0.1, 0.15) is 21.9 Å². The number of hydrogen-bond donors (Lipinski definition) is 2. The molecule has 1 amide bonds. The van der Waals surface area contributed by atoms with Crippen LogP contribution in [0.3, 0.4) is 0 Å². The maximum Gasteiger partial charge on any atom is 0.433 e. The van der Waals surface area contributed by atoms with Crippen molar-refractivity contribution in [3.05, 3.63) is 39.4 Å². The predicted molar refractivity (Wildman–Crippen MR) is 91.4 cm³/mol. The lowest BCUT2D eigenvalue weighted by atomic mass is 10.3. The molecule has 3 heterocycles. The Morgan fingerprint density at radius 1 is 1.46 bits per heavy atom. The van der Waals surface area contributed by atoms with Crippen LogP contribution < -0.4 is 11.2 Å². The Balaban J connectivity index is 1.80. The van der Waals surface area contributed by atoms with Crippen LogP contribution in [0.2, 0.25) is 0 Å². The van der Waals surface area contributed by atoms with Crippen molar-refractivity contribution >= 4 is 23.8 Å². The van der Waals surface area contributed by atoms with E-state index < -0.39 is 16.7 Å². The number of hydrogen-bond acceptors (Lipinski definition) is 12. The van der Waals surface area contributed by atoms with Gasteiger partial charge in [0.25, 0.3) is 5.91 Å². The van der Waals surface area contributed by atoms with Crippen LogP contribution in [0.4, 0.5) is 11.7 Å². The molecule has 0 saturated heterocycles. The Labute approximate surface area is 155 Å². The van der Waals surface area contributed by atoms with E-state index in [0.717, 1.165) is 6.21 Å². The molecule has 0 radical (unpaired) electrons. The first kappa shape index (κ1) is 18.6. The molecule has 3 N–H and O–H groups in total. The summed E-state index contributed by atoms with van der Waals surface area (Å²) in [6, 6.07) is 2.50. The normalized spacial score (nSPS) is 11.4. The van der Waals surface area contributed by atoms with Crippen molar-refractivity contribution in [1.82, 2.24) is 35.6 Å². The van der Waals surface area contributed by atoms with E-state index in [4.69, 9.17) is 10.2 Å². The quantitative estimate of drug-likeness (QED) is 0.301. The number of rotatable bonds is 7. The molecule has 3 rings (SSSR count). The number of anilines is 1. The Morgan fingerprint density at radius 3 is 2.86 bits per heavy atom. The maximum absolute atomic E-state index is 12.4. The molecular formula is C13H14N10O5. The number of furan rings is 1. The SMILES string of the molecule is CN(C)Cc1c(C(=O)NN=Cc2ccc([N+](=O)[O-])o2)nnn1-c1nonc1N. The molecule has 0 aromatic carbocycles. The Bertz CT molecular complexity index is 1030. The molecule has 28 heavy (non-hydrogen) atoms. The number of nitrogens with two attached hydrogens (primary N) is 1. The standard InChI is InChI=1S/C13H14N10O5/c1-21(2)6-8-10(16-20-22(8)12-11(14)18-28-19-12)13(24)17-15-5-7-3-4-9(27-7)23(25)26/h3-5H,6H2,1-2H3,(H2,14,18)(H,17,24). The molecule has 0 saturated carbocycles. The first-order chi connectivity index (χ1) is 13.4. The molecular weight excluding hydrogens is 376 g/mol. The summed E-state index contributed by atoms with van der Waals surface area (Å²) in [4.78, 5) is 24.1. The number of nitrogen functional groups attached to an aromatic ring is 1. The third-order valence-corrected chi connectivity index (χ3v) is 3.29. The summed E-state index contributed by atoms with van der Waals surface area (Å²) in [5.74, 6) is -0.951. The maximum atomic E-state index is 12.4. The summed E-state index contributed by atoms with van der Waals surface area (Å²) in [5, 5.41) is 29.1. The van der Waals surface area contributed by atoms with E-state index in [-0.39, 0.29) is 29.6 Å². The second kappa shape index (κ2) is 7.62. The van der Waals surface area contributed by atoms with Gasteiger partial charge in [-0.2, -0.15) is 9.78 Å². The zero-order valence-corrected chi connectivity index (χ0v) is 14.6. The van der Waals surface area contributed by atoms with Gasteiger partial charge in [0.05, 0.1) is 18.0 Å². The van der Waals surface area contributed by atoms with Crippen molar-refractivity contribution in [3.63, 3.8) is 0 Å². The largest absolute Gasteiger partial charge is 0.433 e. The van der Waals surface area contributed by atoms with Crippen molar-refractivity contribution in [2.24, 2.45) is 5.10 Å². The Morgan fingerprint density at radius 2 is 2.25 bits per heavy atom. The first-order valence-electron chi connectivity index (χ1n) is 7.62. The van der Waals surface area contributed by atoms with E-state index in [9.17, 15) is 14.9 Å². The highest BCUT2D eigenvalue weighted by molar-refractivity contribution is 5.94. The number of nitrogens with zero attached hydrogens (tertiary/aromatic N) is 8. The van der Waals surface area contributed by atoms with Gasteiger partial charge in [-0.25, -0.2) is 10.1 Å². The summed E-state index contributed by atoms with van der Waals surface area (Å²) in [5.41, 5.74) is 8.26. The summed E-state index contributed by atoms with van der Waals surface area (Å²) in [6.07, 6.45) is 1.11. The second-order valence-corrected chi connectivity index (χ2v) is 5.64. The van der Waals surface area contributed by atoms with E-state index in [1.54, 1.807) is 19.0 Å². The van der Waals surface area contributed by atoms with Crippen molar-refractivity contribution in [3.8, 4) is 5.82 Å². The average Bonchev–Trinajstić information content (AvgIpc) is 3.34. The van der Waals surface area contributed by atoms with Gasteiger partial charge in [-0.15, -0.1) is 5.10 Å². The van der Waals surface area contributed by atoms with Crippen molar-refractivity contribution in [1.29, 1.82) is 0 Å². The van der Waals surface area contributed by atoms with Gasteiger partial charge >= 0.3 is 5.88 Å². The third kappa shape index (κ3) is 3.83. The van der Waals surface area contributed by atoms with E-state index in [1.165, 1.54) is 16.8 Å². The predicted octanol–water partition coefficient (Wildman–Crippen LogP) is -0.441. The Kier molecular flexibility index (Phi) is 5.07. The zero-order chi connectivity index (χ0) is 20.3. The lowest BCUT2D eigenvalue weighted by molar-refractivity contribution is -0.402. The molecule has 146 valence electrons. The van der Waals surface area contributed by atoms with Gasteiger partial charge in [-0.3, -0.25) is 14.9 Å². The van der Waals surface area contributed by atoms with Crippen LogP contribution in [0.5, 0.6) is 0 Å². The van der Waals surface area contributed by atoms with Gasteiger partial charge in [-0.1, -0.05) is 5.21 Å². The highest BCUT2D eigenvalue weighted by Crippen LogP contribution is 2.17. The number of nitrogens with one attached hydrogen (secondary N) is 1. The highest BCUT2D eigenvalue weighted by atomic mass is 16.6. The van der Waals surface area contributed by atoms with Gasteiger partial charge in [0, 0.05) is 6.54 Å². The summed E-state index contributed by atoms with van der Waals surface area (Å²) >= 11 is 0. The second-order valence-electron chi connectivity index (χ2n) is 5.64. The van der Waals surface area contributed by atoms with Gasteiger partial charge < -0.3 is 15.1 Å². The number of carbonyl (C=O) groups excluding carboxylic acids is 1. The molecule has 0 aliphatic carbocycles. The fraction of sp³-hybridized carbons (Fsp3) is 0.231. The molecule has 0 fully saturated rings. The molecule has 15 heteroatoms. The summed E-state index contributed by atoms with van der Waals surface area (Å²) in [7, 11) is 3.57. The average molecular weight is 390 g/mol. The van der Waals surface area contributed by atoms with Gasteiger partial charge in [0.15, 0.2) is 11.5 Å². The fourth-order valence-corrected chi connectivity index (χ4v) is 2.14. The number of aromatic nitrogens is 5. The van der Waals surface area contributed by atoms with Crippen LogP contribution in [0.15, 0.2) is 26.3 Å². The van der Waals surface area contributed by atoms with E-state index in [0.29, 0.717) is 5.69 Å². The molecule has 0 aliphatic rings. The van der Waals surface area contributed by atoms with Crippen molar-refractivity contribution in [2.45, 2.75) is 6.54 Å². The van der Waals surface area contributed by atoms with Gasteiger partial charge in [0.1, 0.15) is 4.92 Å². The van der Waals surface area contributed by atoms with Crippen molar-refractivity contribution in [2.75, 3.05) is 19.8 Å². The topological polar surface area (TPSA) is 197 Å². The minimum absolute atomic E-state index is 0.0192. The molecule has 0 bridgehead atoms. The van der Waals surface area contributed by atoms with E-state index >= 15 is 0 Å². The summed E-state index contributed by atoms with van der Waals surface area (Å²) in [6.45, 7) is 0.274. The number of nitro groups is 1. The molecule has 0 unspecified atom stereocenters. The Hall–Kier alpha value is -4.14. The number of carbonyl (C=O) groups is 1. The smallest absolute Gasteiger partial charge is 0.400 e. The van der Waals surface area contributed by atoms with Gasteiger partial charge in [0.2, 0.25) is 11.6 Å². The lowest BCUT2D eigenvalue weighted by Crippen LogP contribution is -2.23. The number of amides is 1. The number of hydrazone groups is 1. The third-order valence-electron chi connectivity index (χ3n) is 3.29. The van der Waals surface area contributed by atoms with Crippen LogP contribution >= 0.6 is 0 Å². The highest BCUT2D eigenvalue weighted by Gasteiger charge is 2.24. The zero-order valence-electron chi connectivity index (χ0n) is 14.6.